The number of hydrogen-bond acceptors (Lipinski definition) is 4. The van der Waals surface area contributed by atoms with Crippen molar-refractivity contribution in [2.24, 2.45) is 5.41 Å². The average Bonchev–Trinajstić information content (AvgIpc) is 2.44. The predicted octanol–water partition coefficient (Wildman–Crippen LogP) is 3.08. The van der Waals surface area contributed by atoms with Gasteiger partial charge in [-0.1, -0.05) is 26.0 Å². The molecule has 1 aliphatic rings. The number of phenolic OH excluding ortho intramolecular Hbond substituents is 1. The molecule has 1 unspecified atom stereocenters. The summed E-state index contributed by atoms with van der Waals surface area (Å²) in [6.07, 6.45) is 3.97. The number of fused-ring (bicyclic) bond motifs is 1. The summed E-state index contributed by atoms with van der Waals surface area (Å²) in [6.45, 7) is 4.55. The molecule has 1 aromatic heterocycles. The van der Waals surface area contributed by atoms with E-state index in [0.717, 1.165) is 24.1 Å². The Morgan fingerprint density at radius 3 is 2.86 bits per heavy atom. The molecule has 1 aromatic carbocycles. The number of benzene rings is 1. The molecule has 0 spiro atoms. The fraction of sp³-hybridized carbons (Fsp3) is 0.412. The van der Waals surface area contributed by atoms with Crippen LogP contribution < -0.4 is 5.32 Å². The van der Waals surface area contributed by atoms with Gasteiger partial charge in [-0.15, -0.1) is 0 Å². The van der Waals surface area contributed by atoms with Crippen LogP contribution in [0.25, 0.3) is 11.4 Å². The van der Waals surface area contributed by atoms with Gasteiger partial charge in [0.1, 0.15) is 5.75 Å². The summed E-state index contributed by atoms with van der Waals surface area (Å²) in [7, 11) is 1.99. The first kappa shape index (κ1) is 14.0. The van der Waals surface area contributed by atoms with Crippen molar-refractivity contribution in [2.75, 3.05) is 7.05 Å². The lowest BCUT2D eigenvalue weighted by molar-refractivity contribution is 0.260. The normalized spacial score (nSPS) is 20.0. The van der Waals surface area contributed by atoms with Crippen LogP contribution in [0.5, 0.6) is 5.75 Å². The molecule has 1 atom stereocenters. The topological polar surface area (TPSA) is 58.0 Å². The molecular formula is C17H21N3O. The van der Waals surface area contributed by atoms with Gasteiger partial charge < -0.3 is 10.4 Å². The largest absolute Gasteiger partial charge is 0.508 e. The van der Waals surface area contributed by atoms with Crippen LogP contribution in [0, 0.1) is 5.41 Å². The monoisotopic (exact) mass is 283 g/mol. The van der Waals surface area contributed by atoms with Crippen LogP contribution in [0.2, 0.25) is 0 Å². The molecule has 0 saturated heterocycles. The molecule has 2 N–H and O–H groups in total. The predicted molar refractivity (Wildman–Crippen MR) is 83.0 cm³/mol. The quantitative estimate of drug-likeness (QED) is 0.889. The third-order valence-corrected chi connectivity index (χ3v) is 4.13. The van der Waals surface area contributed by atoms with E-state index in [4.69, 9.17) is 4.98 Å². The highest BCUT2D eigenvalue weighted by Crippen LogP contribution is 2.40. The van der Waals surface area contributed by atoms with E-state index < -0.39 is 0 Å². The smallest absolute Gasteiger partial charge is 0.159 e. The Morgan fingerprint density at radius 1 is 1.33 bits per heavy atom. The van der Waals surface area contributed by atoms with Crippen molar-refractivity contribution in [3.63, 3.8) is 0 Å². The van der Waals surface area contributed by atoms with Gasteiger partial charge in [-0.3, -0.25) is 0 Å². The van der Waals surface area contributed by atoms with E-state index in [1.807, 2.05) is 25.4 Å². The van der Waals surface area contributed by atoms with Gasteiger partial charge >= 0.3 is 0 Å². The van der Waals surface area contributed by atoms with Gasteiger partial charge in [0.25, 0.3) is 0 Å². The van der Waals surface area contributed by atoms with Crippen LogP contribution in [-0.4, -0.2) is 22.1 Å². The number of aromatic hydroxyl groups is 1. The molecule has 21 heavy (non-hydrogen) atoms. The molecule has 1 aliphatic carbocycles. The minimum atomic E-state index is 0.227. The van der Waals surface area contributed by atoms with Gasteiger partial charge in [-0.25, -0.2) is 9.97 Å². The van der Waals surface area contributed by atoms with Gasteiger partial charge in [0.2, 0.25) is 0 Å². The highest BCUT2D eigenvalue weighted by atomic mass is 16.3. The van der Waals surface area contributed by atoms with E-state index in [1.165, 1.54) is 5.56 Å². The number of rotatable bonds is 2. The highest BCUT2D eigenvalue weighted by molar-refractivity contribution is 5.57. The van der Waals surface area contributed by atoms with E-state index in [1.54, 1.807) is 12.1 Å². The molecule has 0 saturated carbocycles. The number of phenols is 1. The molecule has 0 radical (unpaired) electrons. The van der Waals surface area contributed by atoms with Crippen LogP contribution in [0.15, 0.2) is 30.5 Å². The molecule has 0 aliphatic heterocycles. The lowest BCUT2D eigenvalue weighted by Gasteiger charge is -2.36. The standard InChI is InChI=1S/C17H21N3O/c1-17(2)8-14(18-3)13-10-19-16(20-15(13)9-17)11-5-4-6-12(21)7-11/h4-7,10,14,18,21H,8-9H2,1-3H3. The fourth-order valence-electron chi connectivity index (χ4n) is 3.09. The average molecular weight is 283 g/mol. The minimum absolute atomic E-state index is 0.227. The van der Waals surface area contributed by atoms with Gasteiger partial charge in [0, 0.05) is 29.1 Å². The molecule has 2 aromatic rings. The number of aromatic nitrogens is 2. The summed E-state index contributed by atoms with van der Waals surface area (Å²) < 4.78 is 0. The molecule has 1 heterocycles. The third kappa shape index (κ3) is 2.76. The second kappa shape index (κ2) is 5.11. The van der Waals surface area contributed by atoms with Crippen molar-refractivity contribution < 1.29 is 5.11 Å². The lowest BCUT2D eigenvalue weighted by Crippen LogP contribution is -2.32. The Morgan fingerprint density at radius 2 is 2.14 bits per heavy atom. The summed E-state index contributed by atoms with van der Waals surface area (Å²) in [5.41, 5.74) is 3.38. The summed E-state index contributed by atoms with van der Waals surface area (Å²) in [4.78, 5) is 9.24. The van der Waals surface area contributed by atoms with E-state index >= 15 is 0 Å². The Hall–Kier alpha value is -1.94. The third-order valence-electron chi connectivity index (χ3n) is 4.13. The van der Waals surface area contributed by atoms with Gasteiger partial charge in [0.15, 0.2) is 5.82 Å². The van der Waals surface area contributed by atoms with E-state index in [-0.39, 0.29) is 11.2 Å². The van der Waals surface area contributed by atoms with E-state index in [2.05, 4.69) is 24.1 Å². The maximum Gasteiger partial charge on any atom is 0.159 e. The van der Waals surface area contributed by atoms with Gasteiger partial charge in [-0.2, -0.15) is 0 Å². The van der Waals surface area contributed by atoms with Crippen LogP contribution in [0.4, 0.5) is 0 Å². The van der Waals surface area contributed by atoms with E-state index in [0.29, 0.717) is 11.9 Å². The first-order chi connectivity index (χ1) is 9.98. The molecule has 0 fully saturated rings. The molecule has 4 nitrogen and oxygen atoms in total. The number of hydrogen-bond donors (Lipinski definition) is 2. The van der Waals surface area contributed by atoms with Crippen LogP contribution in [0.3, 0.4) is 0 Å². The van der Waals surface area contributed by atoms with Crippen molar-refractivity contribution in [1.29, 1.82) is 0 Å². The van der Waals surface area contributed by atoms with Crippen molar-refractivity contribution >= 4 is 0 Å². The van der Waals surface area contributed by atoms with E-state index in [9.17, 15) is 5.11 Å². The maximum absolute atomic E-state index is 9.61. The first-order valence-corrected chi connectivity index (χ1v) is 7.31. The molecule has 0 bridgehead atoms. The molecule has 3 rings (SSSR count). The van der Waals surface area contributed by atoms with Crippen molar-refractivity contribution in [3.8, 4) is 17.1 Å². The second-order valence-corrected chi connectivity index (χ2v) is 6.53. The van der Waals surface area contributed by atoms with Crippen molar-refractivity contribution in [1.82, 2.24) is 15.3 Å². The maximum atomic E-state index is 9.61. The Labute approximate surface area is 125 Å². The summed E-state index contributed by atoms with van der Waals surface area (Å²) >= 11 is 0. The van der Waals surface area contributed by atoms with Crippen LogP contribution >= 0.6 is 0 Å². The zero-order valence-electron chi connectivity index (χ0n) is 12.7. The highest BCUT2D eigenvalue weighted by Gasteiger charge is 2.32. The SMILES string of the molecule is CNC1CC(C)(C)Cc2nc(-c3cccc(O)c3)ncc21. The van der Waals surface area contributed by atoms with Crippen molar-refractivity contribution in [2.45, 2.75) is 32.7 Å². The Bertz CT molecular complexity index is 667. The molecule has 0 amide bonds. The summed E-state index contributed by atoms with van der Waals surface area (Å²) in [6, 6.07) is 7.40. The fourth-order valence-corrected chi connectivity index (χ4v) is 3.09. The number of nitrogens with one attached hydrogen (secondary N) is 1. The van der Waals surface area contributed by atoms with Crippen LogP contribution in [0.1, 0.15) is 37.6 Å². The Kier molecular flexibility index (Phi) is 3.41. The zero-order valence-corrected chi connectivity index (χ0v) is 12.7. The first-order valence-electron chi connectivity index (χ1n) is 7.31. The second-order valence-electron chi connectivity index (χ2n) is 6.53. The lowest BCUT2D eigenvalue weighted by atomic mass is 9.74. The van der Waals surface area contributed by atoms with Gasteiger partial charge in [-0.05, 0) is 37.4 Å². The van der Waals surface area contributed by atoms with Crippen LogP contribution in [-0.2, 0) is 6.42 Å². The minimum Gasteiger partial charge on any atom is -0.508 e. The summed E-state index contributed by atoms with van der Waals surface area (Å²) in [5.74, 6) is 0.916. The van der Waals surface area contributed by atoms with Gasteiger partial charge in [0.05, 0.1) is 0 Å². The molecular weight excluding hydrogens is 262 g/mol. The number of nitrogens with zero attached hydrogens (tertiary/aromatic N) is 2. The summed E-state index contributed by atoms with van der Waals surface area (Å²) in [5, 5.41) is 13.0. The zero-order chi connectivity index (χ0) is 15.0. The Balaban J connectivity index is 2.05. The van der Waals surface area contributed by atoms with Crippen molar-refractivity contribution in [3.05, 3.63) is 41.7 Å². The molecule has 4 heteroatoms. The molecule has 110 valence electrons.